The molecule has 0 radical (unpaired) electrons. The molecule has 16 heavy (non-hydrogen) atoms. The highest BCUT2D eigenvalue weighted by Crippen LogP contribution is 2.10. The number of fused-ring (bicyclic) bond motifs is 1. The van der Waals surface area contributed by atoms with Gasteiger partial charge in [0.05, 0.1) is 11.9 Å². The molecule has 5 heteroatoms. The molecule has 3 rings (SSSR count). The van der Waals surface area contributed by atoms with Gasteiger partial charge >= 0.3 is 0 Å². The van der Waals surface area contributed by atoms with Crippen molar-refractivity contribution in [2.75, 3.05) is 18.4 Å². The summed E-state index contributed by atoms with van der Waals surface area (Å²) in [6.45, 7) is 4.08. The standard InChI is InChI=1S/C11H15N5/c1-8-7-16-11(13-8)3-2-10(15-16)14-9-4-5-12-6-9/h2-3,7,9,12H,4-6H2,1H3,(H,14,15)/t9-/m1/s1. The van der Waals surface area contributed by atoms with E-state index in [4.69, 9.17) is 0 Å². The topological polar surface area (TPSA) is 54.2 Å². The number of nitrogens with one attached hydrogen (secondary N) is 2. The zero-order chi connectivity index (χ0) is 11.0. The van der Waals surface area contributed by atoms with E-state index in [-0.39, 0.29) is 0 Å². The molecule has 1 aliphatic rings. The molecule has 0 saturated carbocycles. The summed E-state index contributed by atoms with van der Waals surface area (Å²) in [4.78, 5) is 4.35. The van der Waals surface area contributed by atoms with Crippen LogP contribution in [0.4, 0.5) is 5.82 Å². The zero-order valence-electron chi connectivity index (χ0n) is 9.27. The maximum atomic E-state index is 4.47. The number of rotatable bonds is 2. The summed E-state index contributed by atoms with van der Waals surface area (Å²) in [6.07, 6.45) is 3.09. The lowest BCUT2D eigenvalue weighted by atomic mass is 10.2. The Balaban J connectivity index is 1.86. The number of aromatic nitrogens is 3. The normalized spacial score (nSPS) is 20.4. The Bertz CT molecular complexity index is 498. The van der Waals surface area contributed by atoms with Gasteiger partial charge in [0.25, 0.3) is 0 Å². The van der Waals surface area contributed by atoms with Gasteiger partial charge in [-0.1, -0.05) is 0 Å². The predicted octanol–water partition coefficient (Wildman–Crippen LogP) is 0.812. The molecular weight excluding hydrogens is 202 g/mol. The molecule has 5 nitrogen and oxygen atoms in total. The highest BCUT2D eigenvalue weighted by Gasteiger charge is 2.14. The van der Waals surface area contributed by atoms with E-state index in [0.717, 1.165) is 36.7 Å². The van der Waals surface area contributed by atoms with Crippen molar-refractivity contribution in [2.24, 2.45) is 0 Å². The van der Waals surface area contributed by atoms with E-state index in [0.29, 0.717) is 6.04 Å². The highest BCUT2D eigenvalue weighted by atomic mass is 15.3. The van der Waals surface area contributed by atoms with Gasteiger partial charge in [-0.15, -0.1) is 5.10 Å². The summed E-state index contributed by atoms with van der Waals surface area (Å²) in [7, 11) is 0. The average Bonchev–Trinajstić information content (AvgIpc) is 2.85. The fourth-order valence-electron chi connectivity index (χ4n) is 2.06. The lowest BCUT2D eigenvalue weighted by Crippen LogP contribution is -2.23. The van der Waals surface area contributed by atoms with Crippen LogP contribution in [0.15, 0.2) is 18.3 Å². The summed E-state index contributed by atoms with van der Waals surface area (Å²) in [5.74, 6) is 0.915. The molecule has 1 saturated heterocycles. The molecule has 0 unspecified atom stereocenters. The molecule has 1 aliphatic heterocycles. The second-order valence-electron chi connectivity index (χ2n) is 4.24. The molecule has 1 fully saturated rings. The van der Waals surface area contributed by atoms with Gasteiger partial charge < -0.3 is 10.6 Å². The lowest BCUT2D eigenvalue weighted by molar-refractivity contribution is 0.778. The lowest BCUT2D eigenvalue weighted by Gasteiger charge is -2.11. The molecule has 2 N–H and O–H groups in total. The van der Waals surface area contributed by atoms with E-state index in [1.54, 1.807) is 0 Å². The van der Waals surface area contributed by atoms with Gasteiger partial charge in [-0.3, -0.25) is 0 Å². The number of anilines is 1. The molecule has 2 aromatic rings. The molecule has 0 aliphatic carbocycles. The Kier molecular flexibility index (Phi) is 2.25. The van der Waals surface area contributed by atoms with Crippen molar-refractivity contribution in [2.45, 2.75) is 19.4 Å². The van der Waals surface area contributed by atoms with Crippen molar-refractivity contribution in [1.82, 2.24) is 19.9 Å². The summed E-state index contributed by atoms with van der Waals surface area (Å²) in [6, 6.07) is 4.47. The summed E-state index contributed by atoms with van der Waals surface area (Å²) >= 11 is 0. The third-order valence-electron chi connectivity index (χ3n) is 2.85. The third-order valence-corrected chi connectivity index (χ3v) is 2.85. The highest BCUT2D eigenvalue weighted by molar-refractivity contribution is 5.45. The molecule has 1 atom stereocenters. The van der Waals surface area contributed by atoms with Gasteiger partial charge in [-0.2, -0.15) is 0 Å². The molecule has 0 aromatic carbocycles. The van der Waals surface area contributed by atoms with Crippen LogP contribution < -0.4 is 10.6 Å². The average molecular weight is 217 g/mol. The Morgan fingerprint density at radius 2 is 2.44 bits per heavy atom. The quantitative estimate of drug-likeness (QED) is 0.781. The molecule has 0 bridgehead atoms. The molecule has 84 valence electrons. The number of hydrogen-bond donors (Lipinski definition) is 2. The fraction of sp³-hybridized carbons (Fsp3) is 0.455. The smallest absolute Gasteiger partial charge is 0.153 e. The van der Waals surface area contributed by atoms with E-state index in [1.165, 1.54) is 0 Å². The van der Waals surface area contributed by atoms with Gasteiger partial charge in [0.2, 0.25) is 0 Å². The van der Waals surface area contributed by atoms with E-state index in [2.05, 4.69) is 20.7 Å². The molecule has 2 aromatic heterocycles. The van der Waals surface area contributed by atoms with Gasteiger partial charge in [-0.25, -0.2) is 9.50 Å². The van der Waals surface area contributed by atoms with Crippen molar-refractivity contribution in [3.63, 3.8) is 0 Å². The van der Waals surface area contributed by atoms with Crippen molar-refractivity contribution in [3.8, 4) is 0 Å². The first-order valence-corrected chi connectivity index (χ1v) is 5.61. The minimum atomic E-state index is 0.495. The van der Waals surface area contributed by atoms with Crippen LogP contribution in [0.25, 0.3) is 5.65 Å². The second-order valence-corrected chi connectivity index (χ2v) is 4.24. The SMILES string of the molecule is Cc1cn2nc(N[C@@H]3CCNC3)ccc2n1. The largest absolute Gasteiger partial charge is 0.365 e. The van der Waals surface area contributed by atoms with Crippen LogP contribution in [0.5, 0.6) is 0 Å². The summed E-state index contributed by atoms with van der Waals surface area (Å²) in [5, 5.41) is 11.2. The minimum Gasteiger partial charge on any atom is -0.365 e. The third kappa shape index (κ3) is 1.74. The van der Waals surface area contributed by atoms with Crippen LogP contribution in [0.1, 0.15) is 12.1 Å². The Hall–Kier alpha value is -1.62. The minimum absolute atomic E-state index is 0.495. The van der Waals surface area contributed by atoms with Gasteiger partial charge in [-0.05, 0) is 32.0 Å². The number of imidazole rings is 1. The molecule has 0 amide bonds. The van der Waals surface area contributed by atoms with Crippen molar-refractivity contribution in [1.29, 1.82) is 0 Å². The number of nitrogens with zero attached hydrogens (tertiary/aromatic N) is 3. The Morgan fingerprint density at radius 1 is 1.50 bits per heavy atom. The summed E-state index contributed by atoms with van der Waals surface area (Å²) < 4.78 is 1.82. The Morgan fingerprint density at radius 3 is 3.25 bits per heavy atom. The van der Waals surface area contributed by atoms with Crippen molar-refractivity contribution in [3.05, 3.63) is 24.0 Å². The summed E-state index contributed by atoms with van der Waals surface area (Å²) in [5.41, 5.74) is 1.89. The molecular formula is C11H15N5. The second kappa shape index (κ2) is 3.75. The van der Waals surface area contributed by atoms with E-state index in [9.17, 15) is 0 Å². The van der Waals surface area contributed by atoms with Crippen LogP contribution in [0, 0.1) is 6.92 Å². The first-order valence-electron chi connectivity index (χ1n) is 5.61. The number of aryl methyl sites for hydroxylation is 1. The maximum absolute atomic E-state index is 4.47. The molecule has 0 spiro atoms. The first-order chi connectivity index (χ1) is 7.81. The van der Waals surface area contributed by atoms with Gasteiger partial charge in [0, 0.05) is 12.6 Å². The van der Waals surface area contributed by atoms with Crippen molar-refractivity contribution >= 4 is 11.5 Å². The predicted molar refractivity (Wildman–Crippen MR) is 62.6 cm³/mol. The molecule has 3 heterocycles. The zero-order valence-corrected chi connectivity index (χ0v) is 9.27. The Labute approximate surface area is 93.9 Å². The van der Waals surface area contributed by atoms with E-state index >= 15 is 0 Å². The van der Waals surface area contributed by atoms with Crippen LogP contribution >= 0.6 is 0 Å². The first kappa shape index (κ1) is 9.59. The van der Waals surface area contributed by atoms with Crippen LogP contribution in [0.2, 0.25) is 0 Å². The van der Waals surface area contributed by atoms with Gasteiger partial charge in [0.15, 0.2) is 5.65 Å². The van der Waals surface area contributed by atoms with Crippen LogP contribution in [-0.4, -0.2) is 33.7 Å². The maximum Gasteiger partial charge on any atom is 0.153 e. The van der Waals surface area contributed by atoms with E-state index in [1.807, 2.05) is 29.8 Å². The van der Waals surface area contributed by atoms with Crippen LogP contribution in [0.3, 0.4) is 0 Å². The van der Waals surface area contributed by atoms with Crippen LogP contribution in [-0.2, 0) is 0 Å². The number of hydrogen-bond acceptors (Lipinski definition) is 4. The monoisotopic (exact) mass is 217 g/mol. The van der Waals surface area contributed by atoms with E-state index < -0.39 is 0 Å². The van der Waals surface area contributed by atoms with Gasteiger partial charge in [0.1, 0.15) is 5.82 Å². The fourth-order valence-corrected chi connectivity index (χ4v) is 2.06. The van der Waals surface area contributed by atoms with Crippen molar-refractivity contribution < 1.29 is 0 Å².